The molecule has 0 spiro atoms. The zero-order valence-electron chi connectivity index (χ0n) is 12.7. The maximum Gasteiger partial charge on any atom is 0.262 e. The number of anilines is 1. The van der Waals surface area contributed by atoms with Crippen molar-refractivity contribution >= 4 is 42.4 Å². The Morgan fingerprint density at radius 1 is 1.04 bits per heavy atom. The maximum atomic E-state index is 12.8. The molecule has 3 rings (SSSR count). The SMILES string of the molecule is Cc1cc(Br)cc(C)c1S(=O)(=O)Nc1cncc2ccccc12. The van der Waals surface area contributed by atoms with Crippen LogP contribution in [-0.2, 0) is 10.0 Å². The van der Waals surface area contributed by atoms with Crippen molar-refractivity contribution in [1.29, 1.82) is 0 Å². The van der Waals surface area contributed by atoms with Gasteiger partial charge in [0.2, 0.25) is 0 Å². The molecule has 0 aliphatic rings. The third-order valence-electron chi connectivity index (χ3n) is 3.61. The van der Waals surface area contributed by atoms with Gasteiger partial charge in [0.25, 0.3) is 10.0 Å². The standard InChI is InChI=1S/C17H15BrN2O2S/c1-11-7-14(18)8-12(2)17(11)23(21,22)20-16-10-19-9-13-5-3-4-6-15(13)16/h3-10,20H,1-2H3. The van der Waals surface area contributed by atoms with Gasteiger partial charge < -0.3 is 0 Å². The number of aromatic nitrogens is 1. The van der Waals surface area contributed by atoms with Gasteiger partial charge in [-0.1, -0.05) is 40.2 Å². The van der Waals surface area contributed by atoms with Crippen molar-refractivity contribution in [2.75, 3.05) is 4.72 Å². The molecule has 0 unspecified atom stereocenters. The van der Waals surface area contributed by atoms with Gasteiger partial charge in [-0.25, -0.2) is 8.42 Å². The molecule has 1 N–H and O–H groups in total. The summed E-state index contributed by atoms with van der Waals surface area (Å²) in [4.78, 5) is 4.41. The van der Waals surface area contributed by atoms with Crippen molar-refractivity contribution < 1.29 is 8.42 Å². The van der Waals surface area contributed by atoms with E-state index in [0.717, 1.165) is 15.2 Å². The molecular formula is C17H15BrN2O2S. The second-order valence-electron chi connectivity index (χ2n) is 5.38. The molecule has 0 aliphatic heterocycles. The van der Waals surface area contributed by atoms with E-state index in [1.54, 1.807) is 32.2 Å². The van der Waals surface area contributed by atoms with Gasteiger partial charge in [0.15, 0.2) is 0 Å². The molecule has 1 heterocycles. The van der Waals surface area contributed by atoms with Crippen LogP contribution >= 0.6 is 15.9 Å². The van der Waals surface area contributed by atoms with Gasteiger partial charge in [0.05, 0.1) is 16.8 Å². The van der Waals surface area contributed by atoms with E-state index in [1.807, 2.05) is 24.3 Å². The summed E-state index contributed by atoms with van der Waals surface area (Å²) in [6.45, 7) is 3.57. The minimum absolute atomic E-state index is 0.300. The van der Waals surface area contributed by atoms with Crippen LogP contribution in [0.15, 0.2) is 58.2 Å². The number of nitrogens with one attached hydrogen (secondary N) is 1. The first-order valence-electron chi connectivity index (χ1n) is 7.01. The van der Waals surface area contributed by atoms with E-state index in [0.29, 0.717) is 21.7 Å². The number of hydrogen-bond donors (Lipinski definition) is 1. The van der Waals surface area contributed by atoms with Crippen LogP contribution in [0.4, 0.5) is 5.69 Å². The van der Waals surface area contributed by atoms with Crippen molar-refractivity contribution in [3.05, 3.63) is 64.4 Å². The fourth-order valence-electron chi connectivity index (χ4n) is 2.71. The molecule has 1 aromatic heterocycles. The number of hydrogen-bond acceptors (Lipinski definition) is 3. The third-order valence-corrected chi connectivity index (χ3v) is 5.73. The minimum atomic E-state index is -3.69. The molecule has 0 aliphatic carbocycles. The average molecular weight is 391 g/mol. The molecular weight excluding hydrogens is 376 g/mol. The van der Waals surface area contributed by atoms with Gasteiger partial charge in [-0.05, 0) is 37.1 Å². The van der Waals surface area contributed by atoms with Gasteiger partial charge in [-0.2, -0.15) is 0 Å². The molecule has 0 atom stereocenters. The first kappa shape index (κ1) is 16.0. The van der Waals surface area contributed by atoms with Crippen LogP contribution in [-0.4, -0.2) is 13.4 Å². The third kappa shape index (κ3) is 3.09. The van der Waals surface area contributed by atoms with Crippen molar-refractivity contribution in [3.63, 3.8) is 0 Å². The monoisotopic (exact) mass is 390 g/mol. The second-order valence-corrected chi connectivity index (χ2v) is 7.92. The highest BCUT2D eigenvalue weighted by molar-refractivity contribution is 9.10. The second kappa shape index (κ2) is 5.94. The summed E-state index contributed by atoms with van der Waals surface area (Å²) in [5, 5.41) is 1.70. The highest BCUT2D eigenvalue weighted by Crippen LogP contribution is 2.29. The summed E-state index contributed by atoms with van der Waals surface area (Å²) in [6, 6.07) is 11.1. The van der Waals surface area contributed by atoms with E-state index < -0.39 is 10.0 Å². The largest absolute Gasteiger partial charge is 0.277 e. The summed E-state index contributed by atoms with van der Waals surface area (Å²) in [5.41, 5.74) is 1.86. The first-order valence-corrected chi connectivity index (χ1v) is 9.28. The molecule has 0 saturated carbocycles. The Hall–Kier alpha value is -1.92. The summed E-state index contributed by atoms with van der Waals surface area (Å²) in [7, 11) is -3.69. The van der Waals surface area contributed by atoms with Gasteiger partial charge in [-0.3, -0.25) is 9.71 Å². The lowest BCUT2D eigenvalue weighted by molar-refractivity contribution is 0.600. The number of nitrogens with zero attached hydrogens (tertiary/aromatic N) is 1. The fraction of sp³-hybridized carbons (Fsp3) is 0.118. The number of halogens is 1. The van der Waals surface area contributed by atoms with Crippen LogP contribution in [0.5, 0.6) is 0 Å². The Labute approximate surface area is 143 Å². The molecule has 6 heteroatoms. The van der Waals surface area contributed by atoms with E-state index in [1.165, 1.54) is 6.20 Å². The van der Waals surface area contributed by atoms with E-state index in [2.05, 4.69) is 25.6 Å². The van der Waals surface area contributed by atoms with Crippen molar-refractivity contribution in [2.24, 2.45) is 0 Å². The van der Waals surface area contributed by atoms with Gasteiger partial charge in [0.1, 0.15) is 0 Å². The molecule has 0 bridgehead atoms. The summed E-state index contributed by atoms with van der Waals surface area (Å²) in [5.74, 6) is 0. The zero-order chi connectivity index (χ0) is 16.6. The molecule has 2 aromatic carbocycles. The normalized spacial score (nSPS) is 11.6. The molecule has 118 valence electrons. The average Bonchev–Trinajstić information content (AvgIpc) is 2.45. The topological polar surface area (TPSA) is 59.1 Å². The van der Waals surface area contributed by atoms with E-state index in [4.69, 9.17) is 0 Å². The van der Waals surface area contributed by atoms with Gasteiger partial charge in [-0.15, -0.1) is 0 Å². The Morgan fingerprint density at radius 2 is 1.70 bits per heavy atom. The molecule has 0 radical (unpaired) electrons. The summed E-state index contributed by atoms with van der Waals surface area (Å²) >= 11 is 3.39. The quantitative estimate of drug-likeness (QED) is 0.719. The van der Waals surface area contributed by atoms with E-state index in [9.17, 15) is 8.42 Å². The molecule has 4 nitrogen and oxygen atoms in total. The number of pyridine rings is 1. The molecule has 3 aromatic rings. The number of sulfonamides is 1. The molecule has 23 heavy (non-hydrogen) atoms. The molecule has 0 fully saturated rings. The van der Waals surface area contributed by atoms with E-state index >= 15 is 0 Å². The smallest absolute Gasteiger partial charge is 0.262 e. The summed E-state index contributed by atoms with van der Waals surface area (Å²) in [6.07, 6.45) is 3.24. The first-order chi connectivity index (χ1) is 10.9. The minimum Gasteiger partial charge on any atom is -0.277 e. The summed E-state index contributed by atoms with van der Waals surface area (Å²) < 4.78 is 29.2. The molecule has 0 amide bonds. The lowest BCUT2D eigenvalue weighted by Gasteiger charge is -2.14. The maximum absolute atomic E-state index is 12.8. The van der Waals surface area contributed by atoms with Crippen molar-refractivity contribution in [1.82, 2.24) is 4.98 Å². The van der Waals surface area contributed by atoms with Gasteiger partial charge in [0, 0.05) is 21.4 Å². The fourth-order valence-corrected chi connectivity index (χ4v) is 4.92. The number of benzene rings is 2. The lowest BCUT2D eigenvalue weighted by Crippen LogP contribution is -2.16. The van der Waals surface area contributed by atoms with Gasteiger partial charge >= 0.3 is 0 Å². The van der Waals surface area contributed by atoms with Crippen LogP contribution in [0.3, 0.4) is 0 Å². The van der Waals surface area contributed by atoms with Crippen LogP contribution in [0.1, 0.15) is 11.1 Å². The highest BCUT2D eigenvalue weighted by Gasteiger charge is 2.21. The van der Waals surface area contributed by atoms with Crippen LogP contribution in [0.25, 0.3) is 10.8 Å². The zero-order valence-corrected chi connectivity index (χ0v) is 15.1. The lowest BCUT2D eigenvalue weighted by atomic mass is 10.1. The Balaban J connectivity index is 2.12. The Bertz CT molecular complexity index is 972. The number of fused-ring (bicyclic) bond motifs is 1. The van der Waals surface area contributed by atoms with Crippen molar-refractivity contribution in [3.8, 4) is 0 Å². The Morgan fingerprint density at radius 3 is 2.39 bits per heavy atom. The molecule has 0 saturated heterocycles. The van der Waals surface area contributed by atoms with Crippen LogP contribution < -0.4 is 4.72 Å². The van der Waals surface area contributed by atoms with Crippen molar-refractivity contribution in [2.45, 2.75) is 18.7 Å². The number of aryl methyl sites for hydroxylation is 2. The van der Waals surface area contributed by atoms with Crippen LogP contribution in [0.2, 0.25) is 0 Å². The number of rotatable bonds is 3. The van der Waals surface area contributed by atoms with Crippen LogP contribution in [0, 0.1) is 13.8 Å². The predicted octanol–water partition coefficient (Wildman–Crippen LogP) is 4.41. The highest BCUT2D eigenvalue weighted by atomic mass is 79.9. The Kier molecular flexibility index (Phi) is 4.12. The predicted molar refractivity (Wildman–Crippen MR) is 96.2 cm³/mol. The van der Waals surface area contributed by atoms with E-state index in [-0.39, 0.29) is 0 Å².